The number of rotatable bonds is 14. The van der Waals surface area contributed by atoms with Crippen molar-refractivity contribution in [1.82, 2.24) is 4.90 Å². The Morgan fingerprint density at radius 3 is 2.24 bits per heavy atom. The lowest BCUT2D eigenvalue weighted by molar-refractivity contribution is -0.882. The van der Waals surface area contributed by atoms with Gasteiger partial charge in [0, 0.05) is 19.5 Å². The van der Waals surface area contributed by atoms with E-state index in [1.54, 1.807) is 0 Å². The molecule has 0 fully saturated rings. The minimum absolute atomic E-state index is 0.290. The molecule has 0 radical (unpaired) electrons. The molecule has 0 aromatic heterocycles. The second-order valence-electron chi connectivity index (χ2n) is 9.29. The van der Waals surface area contributed by atoms with Gasteiger partial charge in [0.1, 0.15) is 5.75 Å². The first-order valence-corrected chi connectivity index (χ1v) is 11.5. The van der Waals surface area contributed by atoms with Gasteiger partial charge in [-0.2, -0.15) is 0 Å². The Balaban J connectivity index is 2.51. The third-order valence-electron chi connectivity index (χ3n) is 5.52. The number of carbonyl (C=O) groups excluding carboxylic acids is 1. The number of benzene rings is 1. The van der Waals surface area contributed by atoms with Crippen LogP contribution in [0.5, 0.6) is 5.75 Å². The smallest absolute Gasteiger partial charge is 0.277 e. The molecular weight excluding hydrogens is 360 g/mol. The minimum Gasteiger partial charge on any atom is -0.493 e. The maximum atomic E-state index is 12.8. The summed E-state index contributed by atoms with van der Waals surface area (Å²) in [7, 11) is 4.31. The molecule has 1 aromatic rings. The summed E-state index contributed by atoms with van der Waals surface area (Å²) in [6.07, 6.45) is 5.37. The maximum absolute atomic E-state index is 12.8. The van der Waals surface area contributed by atoms with Crippen molar-refractivity contribution in [3.63, 3.8) is 0 Å². The van der Waals surface area contributed by atoms with Crippen LogP contribution in [0.15, 0.2) is 18.2 Å². The highest BCUT2D eigenvalue weighted by Gasteiger charge is 2.23. The van der Waals surface area contributed by atoms with E-state index in [-0.39, 0.29) is 0 Å². The van der Waals surface area contributed by atoms with E-state index in [9.17, 15) is 4.79 Å². The number of hydrogen-bond donors (Lipinski definition) is 0. The monoisotopic (exact) mass is 405 g/mol. The van der Waals surface area contributed by atoms with Gasteiger partial charge in [0.05, 0.1) is 27.2 Å². The fourth-order valence-corrected chi connectivity index (χ4v) is 3.41. The van der Waals surface area contributed by atoms with Crippen LogP contribution in [-0.4, -0.2) is 62.2 Å². The van der Waals surface area contributed by atoms with Gasteiger partial charge in [-0.25, -0.2) is 0 Å². The van der Waals surface area contributed by atoms with Crippen molar-refractivity contribution in [2.24, 2.45) is 0 Å². The van der Waals surface area contributed by atoms with Crippen LogP contribution in [0.4, 0.5) is 0 Å². The Morgan fingerprint density at radius 1 is 1.07 bits per heavy atom. The summed E-state index contributed by atoms with van der Waals surface area (Å²) >= 11 is 0. The minimum atomic E-state index is 0.290. The van der Waals surface area contributed by atoms with Crippen molar-refractivity contribution < 1.29 is 14.0 Å². The van der Waals surface area contributed by atoms with Gasteiger partial charge in [-0.1, -0.05) is 52.7 Å². The molecule has 0 aliphatic carbocycles. The number of amides is 1. The topological polar surface area (TPSA) is 29.5 Å². The van der Waals surface area contributed by atoms with Crippen LogP contribution in [0, 0.1) is 6.92 Å². The standard InChI is InChI=1S/C25H45N2O2/c1-8-10-15-26(16-11-9-2)25(28)20-27(6,7)17-12-18-29-24-19-23(21(3)4)14-13-22(24)5/h13-14,19,21H,8-12,15-18,20H2,1-7H3/q+1. The van der Waals surface area contributed by atoms with E-state index in [2.05, 4.69) is 71.8 Å². The van der Waals surface area contributed by atoms with Gasteiger partial charge in [0.2, 0.25) is 0 Å². The van der Waals surface area contributed by atoms with Gasteiger partial charge in [-0.3, -0.25) is 4.79 Å². The molecule has 1 rings (SSSR count). The van der Waals surface area contributed by atoms with E-state index >= 15 is 0 Å². The molecule has 0 spiro atoms. The molecule has 0 atom stereocenters. The van der Waals surface area contributed by atoms with E-state index in [0.717, 1.165) is 57.5 Å². The van der Waals surface area contributed by atoms with Crippen LogP contribution >= 0.6 is 0 Å². The zero-order chi connectivity index (χ0) is 21.9. The Morgan fingerprint density at radius 2 is 1.69 bits per heavy atom. The normalized spacial score (nSPS) is 11.7. The zero-order valence-corrected chi connectivity index (χ0v) is 20.1. The van der Waals surface area contributed by atoms with Crippen molar-refractivity contribution in [2.45, 2.75) is 72.6 Å². The van der Waals surface area contributed by atoms with Gasteiger partial charge in [-0.05, 0) is 42.9 Å². The fraction of sp³-hybridized carbons (Fsp3) is 0.720. The first-order chi connectivity index (χ1) is 13.7. The predicted octanol–water partition coefficient (Wildman–Crippen LogP) is 5.39. The lowest BCUT2D eigenvalue weighted by Gasteiger charge is -2.32. The van der Waals surface area contributed by atoms with Crippen LogP contribution < -0.4 is 4.74 Å². The molecule has 4 nitrogen and oxygen atoms in total. The molecule has 0 N–H and O–H groups in total. The number of carbonyl (C=O) groups is 1. The lowest BCUT2D eigenvalue weighted by Crippen LogP contribution is -2.49. The molecule has 1 aromatic carbocycles. The van der Waals surface area contributed by atoms with Gasteiger partial charge in [0.25, 0.3) is 5.91 Å². The van der Waals surface area contributed by atoms with E-state index in [1.165, 1.54) is 11.1 Å². The zero-order valence-electron chi connectivity index (χ0n) is 20.1. The number of ether oxygens (including phenoxy) is 1. The van der Waals surface area contributed by atoms with Crippen molar-refractivity contribution in [3.05, 3.63) is 29.3 Å². The molecule has 0 aliphatic rings. The molecule has 4 heteroatoms. The first kappa shape index (κ1) is 25.5. The number of likely N-dealkylation sites (N-methyl/N-ethyl adjacent to an activating group) is 1. The van der Waals surface area contributed by atoms with E-state index < -0.39 is 0 Å². The number of hydrogen-bond acceptors (Lipinski definition) is 2. The highest BCUT2D eigenvalue weighted by molar-refractivity contribution is 5.77. The third kappa shape index (κ3) is 9.66. The molecular formula is C25H45N2O2+. The molecule has 1 amide bonds. The average molecular weight is 406 g/mol. The highest BCUT2D eigenvalue weighted by Crippen LogP contribution is 2.24. The Hall–Kier alpha value is -1.55. The second kappa shape index (κ2) is 12.9. The fourth-order valence-electron chi connectivity index (χ4n) is 3.41. The molecule has 0 bridgehead atoms. The van der Waals surface area contributed by atoms with E-state index in [0.29, 0.717) is 29.5 Å². The van der Waals surface area contributed by atoms with Crippen molar-refractivity contribution in [3.8, 4) is 5.75 Å². The Labute approximate surface area is 179 Å². The highest BCUT2D eigenvalue weighted by atomic mass is 16.5. The molecule has 0 unspecified atom stereocenters. The van der Waals surface area contributed by atoms with E-state index in [4.69, 9.17) is 4.74 Å². The molecule has 166 valence electrons. The SMILES string of the molecule is CCCCN(CCCC)C(=O)C[N+](C)(C)CCCOc1cc(C(C)C)ccc1C. The summed E-state index contributed by atoms with van der Waals surface area (Å²) in [5.41, 5.74) is 2.49. The maximum Gasteiger partial charge on any atom is 0.277 e. The third-order valence-corrected chi connectivity index (χ3v) is 5.52. The molecule has 29 heavy (non-hydrogen) atoms. The van der Waals surface area contributed by atoms with Crippen LogP contribution in [0.25, 0.3) is 0 Å². The molecule has 0 heterocycles. The number of nitrogens with zero attached hydrogens (tertiary/aromatic N) is 2. The molecule has 0 saturated heterocycles. The van der Waals surface area contributed by atoms with Crippen LogP contribution in [-0.2, 0) is 4.79 Å². The first-order valence-electron chi connectivity index (χ1n) is 11.5. The lowest BCUT2D eigenvalue weighted by atomic mass is 10.0. The van der Waals surface area contributed by atoms with Gasteiger partial charge in [-0.15, -0.1) is 0 Å². The summed E-state index contributed by atoms with van der Waals surface area (Å²) in [5.74, 6) is 1.78. The van der Waals surface area contributed by atoms with Crippen molar-refractivity contribution in [1.29, 1.82) is 0 Å². The molecule has 0 saturated carbocycles. The number of aryl methyl sites for hydroxylation is 1. The number of quaternary nitrogens is 1. The number of unbranched alkanes of at least 4 members (excludes halogenated alkanes) is 2. The van der Waals surface area contributed by atoms with Crippen molar-refractivity contribution in [2.75, 3.05) is 46.9 Å². The summed E-state index contributed by atoms with van der Waals surface area (Å²) in [6.45, 7) is 14.8. The predicted molar refractivity (Wildman–Crippen MR) is 124 cm³/mol. The van der Waals surface area contributed by atoms with Crippen molar-refractivity contribution >= 4 is 5.91 Å². The Bertz CT molecular complexity index is 603. The van der Waals surface area contributed by atoms with Crippen LogP contribution in [0.1, 0.15) is 76.8 Å². The summed E-state index contributed by atoms with van der Waals surface area (Å²) in [5, 5.41) is 0. The Kier molecular flexibility index (Phi) is 11.3. The molecule has 0 aliphatic heterocycles. The second-order valence-corrected chi connectivity index (χ2v) is 9.29. The van der Waals surface area contributed by atoms with Gasteiger partial charge < -0.3 is 14.1 Å². The summed E-state index contributed by atoms with van der Waals surface area (Å²) in [4.78, 5) is 14.9. The van der Waals surface area contributed by atoms with Gasteiger partial charge in [0.15, 0.2) is 6.54 Å². The average Bonchev–Trinajstić information content (AvgIpc) is 2.65. The summed E-state index contributed by atoms with van der Waals surface area (Å²) in [6, 6.07) is 6.49. The largest absolute Gasteiger partial charge is 0.493 e. The van der Waals surface area contributed by atoms with Crippen LogP contribution in [0.3, 0.4) is 0 Å². The quantitative estimate of drug-likeness (QED) is 0.307. The van der Waals surface area contributed by atoms with Gasteiger partial charge >= 0.3 is 0 Å². The van der Waals surface area contributed by atoms with Crippen LogP contribution in [0.2, 0.25) is 0 Å². The summed E-state index contributed by atoms with van der Waals surface area (Å²) < 4.78 is 6.79. The van der Waals surface area contributed by atoms with E-state index in [1.807, 2.05) is 0 Å².